The van der Waals surface area contributed by atoms with E-state index in [9.17, 15) is 30.0 Å². The predicted octanol–water partition coefficient (Wildman–Crippen LogP) is 1.63. The summed E-state index contributed by atoms with van der Waals surface area (Å²) in [6, 6.07) is 14.7. The highest BCUT2D eigenvalue weighted by Gasteiger charge is 2.46. The highest BCUT2D eigenvalue weighted by Crippen LogP contribution is 2.47. The predicted molar refractivity (Wildman–Crippen MR) is 134 cm³/mol. The summed E-state index contributed by atoms with van der Waals surface area (Å²) < 4.78 is 7.66. The number of amides is 2. The smallest absolute Gasteiger partial charge is 0.262 e. The molecule has 10 nitrogen and oxygen atoms in total. The third kappa shape index (κ3) is 2.70. The van der Waals surface area contributed by atoms with E-state index in [1.165, 1.54) is 7.05 Å². The minimum Gasteiger partial charge on any atom is -0.394 e. The molecule has 1 fully saturated rings. The van der Waals surface area contributed by atoms with E-state index in [0.717, 1.165) is 15.8 Å². The molecule has 2 aliphatic rings. The first-order valence-corrected chi connectivity index (χ1v) is 12.0. The molecule has 2 amide bonds. The first-order valence-electron chi connectivity index (χ1n) is 12.0. The van der Waals surface area contributed by atoms with Gasteiger partial charge in [0.15, 0.2) is 6.23 Å². The van der Waals surface area contributed by atoms with Crippen LogP contribution in [0, 0.1) is 0 Å². The summed E-state index contributed by atoms with van der Waals surface area (Å²) in [5, 5.41) is 44.4. The number of benzene rings is 3. The average molecular weight is 501 g/mol. The Morgan fingerprint density at radius 1 is 0.865 bits per heavy atom. The fourth-order valence-electron chi connectivity index (χ4n) is 6.01. The summed E-state index contributed by atoms with van der Waals surface area (Å²) >= 11 is 0. The van der Waals surface area contributed by atoms with E-state index in [2.05, 4.69) is 4.98 Å². The third-order valence-corrected chi connectivity index (χ3v) is 7.76. The summed E-state index contributed by atoms with van der Waals surface area (Å²) in [7, 11) is 1.45. The lowest BCUT2D eigenvalue weighted by Gasteiger charge is -2.41. The molecule has 5 aromatic rings. The molecular formula is C27H23N3O7. The van der Waals surface area contributed by atoms with Crippen LogP contribution < -0.4 is 0 Å². The molecular weight excluding hydrogens is 478 g/mol. The zero-order chi connectivity index (χ0) is 25.7. The number of nitrogens with zero attached hydrogens (tertiary/aromatic N) is 2. The van der Waals surface area contributed by atoms with Gasteiger partial charge in [-0.3, -0.25) is 14.5 Å². The lowest BCUT2D eigenvalue weighted by molar-refractivity contribution is -0.249. The molecule has 0 spiro atoms. The highest BCUT2D eigenvalue weighted by molar-refractivity contribution is 6.39. The summed E-state index contributed by atoms with van der Waals surface area (Å²) in [4.78, 5) is 31.4. The average Bonchev–Trinajstić information content (AvgIpc) is 3.53. The second kappa shape index (κ2) is 7.60. The standard InChI is InChI=1S/C27H23N3O7/c1-29-25(35)18-16-11-6-2-4-8-13(11)28-20(16)21-17(19(18)26(29)36)12-7-3-5-9-14(12)30(21)27-24(34)23(33)22(32)15(10-31)37-27/h2-9,15,22-24,27-28,31-34H,10H2,1H3/t15-,22+,23+,24-,27-/m1/s1. The van der Waals surface area contributed by atoms with Crippen LogP contribution in [0.15, 0.2) is 48.5 Å². The largest absolute Gasteiger partial charge is 0.394 e. The number of fused-ring (bicyclic) bond motifs is 10. The lowest BCUT2D eigenvalue weighted by Crippen LogP contribution is -2.56. The van der Waals surface area contributed by atoms with Crippen molar-refractivity contribution in [2.24, 2.45) is 0 Å². The molecule has 0 saturated carbocycles. The molecule has 3 aromatic carbocycles. The van der Waals surface area contributed by atoms with Gasteiger partial charge in [0.25, 0.3) is 11.8 Å². The van der Waals surface area contributed by atoms with Gasteiger partial charge in [-0.1, -0.05) is 36.4 Å². The van der Waals surface area contributed by atoms with E-state index in [4.69, 9.17) is 4.74 Å². The number of hydrogen-bond donors (Lipinski definition) is 5. The van der Waals surface area contributed by atoms with Crippen LogP contribution in [-0.2, 0) is 4.74 Å². The number of carbonyl (C=O) groups is 2. The van der Waals surface area contributed by atoms with Crippen molar-refractivity contribution in [3.8, 4) is 0 Å². The van der Waals surface area contributed by atoms with Gasteiger partial charge in [-0.15, -0.1) is 0 Å². The van der Waals surface area contributed by atoms with E-state index in [-0.39, 0.29) is 5.56 Å². The normalized spacial score (nSPS) is 26.3. The third-order valence-electron chi connectivity index (χ3n) is 7.76. The van der Waals surface area contributed by atoms with Gasteiger partial charge in [-0.2, -0.15) is 0 Å². The molecule has 37 heavy (non-hydrogen) atoms. The Kier molecular flexibility index (Phi) is 4.60. The number of aliphatic hydroxyl groups is 4. The number of ether oxygens (including phenoxy) is 1. The van der Waals surface area contributed by atoms with E-state index >= 15 is 0 Å². The second-order valence-corrected chi connectivity index (χ2v) is 9.67. The number of H-pyrrole nitrogens is 1. The molecule has 4 heterocycles. The molecule has 2 aromatic heterocycles. The van der Waals surface area contributed by atoms with Gasteiger partial charge in [0.2, 0.25) is 0 Å². The topological polar surface area (TPSA) is 148 Å². The Morgan fingerprint density at radius 3 is 2.24 bits per heavy atom. The summed E-state index contributed by atoms with van der Waals surface area (Å²) in [5.74, 6) is -0.838. The Balaban J connectivity index is 1.71. The zero-order valence-corrected chi connectivity index (χ0v) is 19.6. The van der Waals surface area contributed by atoms with Crippen LogP contribution in [0.2, 0.25) is 0 Å². The van der Waals surface area contributed by atoms with E-state index < -0.39 is 49.1 Å². The quantitative estimate of drug-likeness (QED) is 0.231. The maximum absolute atomic E-state index is 13.5. The second-order valence-electron chi connectivity index (χ2n) is 9.67. The number of nitrogens with one attached hydrogen (secondary N) is 1. The van der Waals surface area contributed by atoms with Crippen LogP contribution in [0.5, 0.6) is 0 Å². The summed E-state index contributed by atoms with van der Waals surface area (Å²) in [5.41, 5.74) is 2.99. The molecule has 7 rings (SSSR count). The Labute approximate surface area is 208 Å². The number of para-hydroxylation sites is 2. The Bertz CT molecular complexity index is 1790. The molecule has 1 saturated heterocycles. The monoisotopic (exact) mass is 501 g/mol. The Morgan fingerprint density at radius 2 is 1.51 bits per heavy atom. The number of aliphatic hydroxyl groups excluding tert-OH is 4. The summed E-state index contributed by atoms with van der Waals surface area (Å²) in [6.07, 6.45) is -7.00. The highest BCUT2D eigenvalue weighted by atomic mass is 16.6. The van der Waals surface area contributed by atoms with Crippen molar-refractivity contribution in [1.29, 1.82) is 0 Å². The van der Waals surface area contributed by atoms with Crippen molar-refractivity contribution < 1.29 is 34.8 Å². The van der Waals surface area contributed by atoms with Crippen molar-refractivity contribution in [2.75, 3.05) is 13.7 Å². The SMILES string of the molecule is CN1C(=O)c2c(c3c4ccccc4n([C@@H]4O[C@H](CO)[C@H](O)[C@H](O)[C@H]4O)c3c3[nH]c4ccccc4c23)C1=O. The Hall–Kier alpha value is -3.80. The van der Waals surface area contributed by atoms with Crippen LogP contribution in [0.4, 0.5) is 0 Å². The first kappa shape index (κ1) is 22.4. The molecule has 10 heteroatoms. The van der Waals surface area contributed by atoms with E-state index in [0.29, 0.717) is 38.3 Å². The maximum atomic E-state index is 13.5. The molecule has 0 unspecified atom stereocenters. The molecule has 188 valence electrons. The van der Waals surface area contributed by atoms with Crippen molar-refractivity contribution >= 4 is 55.4 Å². The van der Waals surface area contributed by atoms with Gasteiger partial charge in [0, 0.05) is 34.1 Å². The van der Waals surface area contributed by atoms with Crippen LogP contribution in [0.1, 0.15) is 26.9 Å². The molecule has 0 radical (unpaired) electrons. The lowest BCUT2D eigenvalue weighted by atomic mass is 9.96. The number of hydrogen-bond acceptors (Lipinski definition) is 7. The van der Waals surface area contributed by atoms with Gasteiger partial charge in [-0.05, 0) is 12.1 Å². The van der Waals surface area contributed by atoms with Gasteiger partial charge >= 0.3 is 0 Å². The minimum atomic E-state index is -1.59. The molecule has 0 aliphatic carbocycles. The fraction of sp³-hybridized carbons (Fsp3) is 0.259. The van der Waals surface area contributed by atoms with Crippen LogP contribution in [0.25, 0.3) is 43.6 Å². The molecule has 5 N–H and O–H groups in total. The van der Waals surface area contributed by atoms with Crippen molar-refractivity contribution in [1.82, 2.24) is 14.5 Å². The van der Waals surface area contributed by atoms with Crippen molar-refractivity contribution in [2.45, 2.75) is 30.6 Å². The van der Waals surface area contributed by atoms with Crippen LogP contribution in [-0.4, -0.2) is 84.8 Å². The van der Waals surface area contributed by atoms with E-state index in [1.54, 1.807) is 16.7 Å². The fourth-order valence-corrected chi connectivity index (χ4v) is 6.01. The minimum absolute atomic E-state index is 0.263. The number of rotatable bonds is 2. The number of aromatic nitrogens is 2. The van der Waals surface area contributed by atoms with Crippen LogP contribution in [0.3, 0.4) is 0 Å². The van der Waals surface area contributed by atoms with Crippen molar-refractivity contribution in [3.63, 3.8) is 0 Å². The number of imide groups is 1. The number of aromatic amines is 1. The van der Waals surface area contributed by atoms with Crippen LogP contribution >= 0.6 is 0 Å². The molecule has 5 atom stereocenters. The van der Waals surface area contributed by atoms with Gasteiger partial charge in [-0.25, -0.2) is 0 Å². The van der Waals surface area contributed by atoms with Crippen molar-refractivity contribution in [3.05, 3.63) is 59.7 Å². The zero-order valence-electron chi connectivity index (χ0n) is 19.6. The summed E-state index contributed by atoms with van der Waals surface area (Å²) in [6.45, 7) is -0.576. The molecule has 0 bridgehead atoms. The van der Waals surface area contributed by atoms with Gasteiger partial charge in [0.1, 0.15) is 24.4 Å². The van der Waals surface area contributed by atoms with Gasteiger partial charge in [0.05, 0.1) is 34.3 Å². The first-order chi connectivity index (χ1) is 17.8. The molecule has 2 aliphatic heterocycles. The van der Waals surface area contributed by atoms with E-state index in [1.807, 2.05) is 36.4 Å². The maximum Gasteiger partial charge on any atom is 0.262 e. The van der Waals surface area contributed by atoms with Gasteiger partial charge < -0.3 is 34.7 Å². The number of carbonyl (C=O) groups excluding carboxylic acids is 2.